The lowest BCUT2D eigenvalue weighted by Gasteiger charge is -2.14. The van der Waals surface area contributed by atoms with E-state index in [4.69, 9.17) is 21.7 Å². The summed E-state index contributed by atoms with van der Waals surface area (Å²) in [7, 11) is 1.49. The van der Waals surface area contributed by atoms with Crippen LogP contribution in [0.4, 0.5) is 15.8 Å². The Morgan fingerprint density at radius 2 is 1.82 bits per heavy atom. The zero-order chi connectivity index (χ0) is 24.1. The van der Waals surface area contributed by atoms with Crippen molar-refractivity contribution in [2.75, 3.05) is 23.9 Å². The van der Waals surface area contributed by atoms with Crippen molar-refractivity contribution in [1.29, 1.82) is 0 Å². The molecule has 0 atom stereocenters. The molecule has 3 aromatic carbocycles. The van der Waals surface area contributed by atoms with Crippen LogP contribution in [0.2, 0.25) is 0 Å². The van der Waals surface area contributed by atoms with Gasteiger partial charge in [0.2, 0.25) is 0 Å². The highest BCUT2D eigenvalue weighted by Crippen LogP contribution is 2.37. The summed E-state index contributed by atoms with van der Waals surface area (Å²) < 4.78 is 24.6. The van der Waals surface area contributed by atoms with E-state index in [0.717, 1.165) is 11.8 Å². The van der Waals surface area contributed by atoms with Crippen molar-refractivity contribution < 1.29 is 23.5 Å². The first-order valence-electron chi connectivity index (χ1n) is 10.1. The van der Waals surface area contributed by atoms with Crippen LogP contribution in [0.1, 0.15) is 5.56 Å². The monoisotopic (exact) mass is 494 g/mol. The normalized spacial score (nSPS) is 14.4. The molecule has 3 aromatic rings. The van der Waals surface area contributed by atoms with Gasteiger partial charge in [-0.3, -0.25) is 14.5 Å². The van der Waals surface area contributed by atoms with Crippen LogP contribution in [0.15, 0.2) is 77.7 Å². The van der Waals surface area contributed by atoms with Gasteiger partial charge in [-0.1, -0.05) is 48.2 Å². The second-order valence-corrected chi connectivity index (χ2v) is 8.78. The third-order valence-corrected chi connectivity index (χ3v) is 6.08. The van der Waals surface area contributed by atoms with E-state index in [2.05, 4.69) is 5.32 Å². The fourth-order valence-corrected chi connectivity index (χ4v) is 4.49. The Balaban J connectivity index is 1.45. The minimum atomic E-state index is -0.392. The molecule has 2 amide bonds. The largest absolute Gasteiger partial charge is 0.493 e. The van der Waals surface area contributed by atoms with Gasteiger partial charge in [0.25, 0.3) is 11.8 Å². The van der Waals surface area contributed by atoms with Gasteiger partial charge in [-0.05, 0) is 60.2 Å². The average Bonchev–Trinajstić information content (AvgIpc) is 3.12. The molecule has 0 bridgehead atoms. The lowest BCUT2D eigenvalue weighted by Crippen LogP contribution is -2.27. The topological polar surface area (TPSA) is 67.9 Å². The molecule has 0 spiro atoms. The first kappa shape index (κ1) is 23.5. The average molecular weight is 495 g/mol. The maximum atomic E-state index is 13.2. The van der Waals surface area contributed by atoms with Crippen LogP contribution in [-0.4, -0.2) is 29.9 Å². The van der Waals surface area contributed by atoms with E-state index in [0.29, 0.717) is 37.7 Å². The van der Waals surface area contributed by atoms with E-state index in [9.17, 15) is 14.0 Å². The van der Waals surface area contributed by atoms with Crippen LogP contribution in [0.5, 0.6) is 11.5 Å². The lowest BCUT2D eigenvalue weighted by atomic mass is 10.2. The number of amides is 2. The molecule has 0 aliphatic carbocycles. The number of thioether (sulfide) groups is 1. The van der Waals surface area contributed by atoms with Crippen LogP contribution in [0, 0.1) is 5.82 Å². The van der Waals surface area contributed by atoms with Gasteiger partial charge >= 0.3 is 0 Å². The number of anilines is 2. The Bertz CT molecular complexity index is 1260. The van der Waals surface area contributed by atoms with Gasteiger partial charge in [0.05, 0.1) is 17.7 Å². The zero-order valence-corrected chi connectivity index (χ0v) is 19.6. The summed E-state index contributed by atoms with van der Waals surface area (Å²) >= 11 is 6.51. The van der Waals surface area contributed by atoms with Crippen molar-refractivity contribution in [3.8, 4) is 11.5 Å². The molecular formula is C25H19FN2O4S2. The number of thiocarbonyl (C=S) groups is 1. The maximum Gasteiger partial charge on any atom is 0.270 e. The molecule has 172 valence electrons. The third kappa shape index (κ3) is 5.44. The van der Waals surface area contributed by atoms with Crippen molar-refractivity contribution in [2.24, 2.45) is 0 Å². The number of nitrogens with one attached hydrogen (secondary N) is 1. The van der Waals surface area contributed by atoms with E-state index in [1.54, 1.807) is 36.4 Å². The Labute approximate surface area is 205 Å². The number of hydrogen-bond acceptors (Lipinski definition) is 6. The SMILES string of the molecule is COc1cc(/C=C2\SC(=S)N(c3ccc(F)cc3)C2=O)ccc1OCC(=O)Nc1ccccc1. The minimum Gasteiger partial charge on any atom is -0.493 e. The summed E-state index contributed by atoms with van der Waals surface area (Å²) in [5, 5.41) is 2.75. The molecule has 1 saturated heterocycles. The summed E-state index contributed by atoms with van der Waals surface area (Å²) in [6.07, 6.45) is 1.69. The smallest absolute Gasteiger partial charge is 0.270 e. The standard InChI is InChI=1S/C25H19FN2O4S2/c1-31-21-13-16(7-12-20(21)32-15-23(29)27-18-5-3-2-4-6-18)14-22-24(30)28(25(33)34-22)19-10-8-17(26)9-11-19/h2-14H,15H2,1H3,(H,27,29)/b22-14-. The summed E-state index contributed by atoms with van der Waals surface area (Å²) in [6.45, 7) is -0.194. The molecule has 0 unspecified atom stereocenters. The number of methoxy groups -OCH3 is 1. The fourth-order valence-electron chi connectivity index (χ4n) is 3.19. The van der Waals surface area contributed by atoms with Gasteiger partial charge in [-0.2, -0.15) is 0 Å². The van der Waals surface area contributed by atoms with Gasteiger partial charge in [-0.15, -0.1) is 0 Å². The van der Waals surface area contributed by atoms with Gasteiger partial charge in [-0.25, -0.2) is 4.39 Å². The molecule has 1 N–H and O–H groups in total. The Kier molecular flexibility index (Phi) is 7.24. The number of nitrogens with zero attached hydrogens (tertiary/aromatic N) is 1. The van der Waals surface area contributed by atoms with Gasteiger partial charge in [0.15, 0.2) is 22.4 Å². The first-order chi connectivity index (χ1) is 16.4. The van der Waals surface area contributed by atoms with Crippen molar-refractivity contribution in [3.63, 3.8) is 0 Å². The highest BCUT2D eigenvalue weighted by molar-refractivity contribution is 8.27. The summed E-state index contributed by atoms with van der Waals surface area (Å²) in [6, 6.07) is 19.8. The van der Waals surface area contributed by atoms with Crippen LogP contribution in [0.3, 0.4) is 0 Å². The molecule has 0 radical (unpaired) electrons. The van der Waals surface area contributed by atoms with Crippen LogP contribution < -0.4 is 19.7 Å². The number of benzene rings is 3. The molecular weight excluding hydrogens is 475 g/mol. The van der Waals surface area contributed by atoms with Gasteiger partial charge < -0.3 is 14.8 Å². The first-order valence-corrected chi connectivity index (χ1v) is 11.4. The molecule has 1 aliphatic rings. The second kappa shape index (κ2) is 10.5. The Morgan fingerprint density at radius 3 is 2.53 bits per heavy atom. The molecule has 0 aromatic heterocycles. The van der Waals surface area contributed by atoms with E-state index in [-0.39, 0.29) is 18.4 Å². The van der Waals surface area contributed by atoms with Crippen LogP contribution in [0.25, 0.3) is 6.08 Å². The zero-order valence-electron chi connectivity index (χ0n) is 18.0. The molecule has 4 rings (SSSR count). The number of rotatable bonds is 7. The van der Waals surface area contributed by atoms with E-state index in [1.807, 2.05) is 18.2 Å². The van der Waals surface area contributed by atoms with Crippen molar-refractivity contribution >= 4 is 57.6 Å². The fraction of sp³-hybridized carbons (Fsp3) is 0.0800. The Morgan fingerprint density at radius 1 is 1.09 bits per heavy atom. The molecule has 0 saturated carbocycles. The summed E-state index contributed by atoms with van der Waals surface area (Å²) in [5.41, 5.74) is 1.87. The van der Waals surface area contributed by atoms with Crippen molar-refractivity contribution in [1.82, 2.24) is 0 Å². The molecule has 1 fully saturated rings. The molecule has 34 heavy (non-hydrogen) atoms. The minimum absolute atomic E-state index is 0.194. The molecule has 1 heterocycles. The number of carbonyl (C=O) groups is 2. The predicted octanol–water partition coefficient (Wildman–Crippen LogP) is 5.26. The van der Waals surface area contributed by atoms with Gasteiger partial charge in [0, 0.05) is 5.69 Å². The second-order valence-electron chi connectivity index (χ2n) is 7.11. The number of ether oxygens (including phenoxy) is 2. The summed E-state index contributed by atoms with van der Waals surface area (Å²) in [5.74, 6) is -0.186. The third-order valence-electron chi connectivity index (χ3n) is 4.78. The Hall–Kier alpha value is -3.69. The van der Waals surface area contributed by atoms with E-state index in [1.165, 1.54) is 36.3 Å². The predicted molar refractivity (Wildman–Crippen MR) is 136 cm³/mol. The highest BCUT2D eigenvalue weighted by atomic mass is 32.2. The maximum absolute atomic E-state index is 13.2. The van der Waals surface area contributed by atoms with Crippen molar-refractivity contribution in [3.05, 3.63) is 89.1 Å². The molecule has 9 heteroatoms. The van der Waals surface area contributed by atoms with Crippen LogP contribution in [-0.2, 0) is 9.59 Å². The quantitative estimate of drug-likeness (QED) is 0.357. The number of hydrogen-bond donors (Lipinski definition) is 1. The number of carbonyl (C=O) groups excluding carboxylic acids is 2. The number of halogens is 1. The molecule has 6 nitrogen and oxygen atoms in total. The highest BCUT2D eigenvalue weighted by Gasteiger charge is 2.33. The summed E-state index contributed by atoms with van der Waals surface area (Å²) in [4.78, 5) is 26.9. The lowest BCUT2D eigenvalue weighted by molar-refractivity contribution is -0.118. The van der Waals surface area contributed by atoms with E-state index >= 15 is 0 Å². The molecule has 1 aliphatic heterocycles. The number of para-hydroxylation sites is 1. The van der Waals surface area contributed by atoms with Crippen molar-refractivity contribution in [2.45, 2.75) is 0 Å². The van der Waals surface area contributed by atoms with Gasteiger partial charge in [0.1, 0.15) is 5.82 Å². The van der Waals surface area contributed by atoms with E-state index < -0.39 is 5.82 Å². The van der Waals surface area contributed by atoms with Crippen LogP contribution >= 0.6 is 24.0 Å².